The third-order valence-corrected chi connectivity index (χ3v) is 2.44. The molecular weight excluding hydrogens is 216 g/mol. The molecule has 2 heterocycles. The highest BCUT2D eigenvalue weighted by Gasteiger charge is 2.22. The van der Waals surface area contributed by atoms with Crippen molar-refractivity contribution in [2.45, 2.75) is 18.9 Å². The number of aromatic nitrogens is 2. The number of rotatable bonds is 2. The average Bonchev–Trinajstić information content (AvgIpc) is 2.70. The summed E-state index contributed by atoms with van der Waals surface area (Å²) >= 11 is 5.67. The van der Waals surface area contributed by atoms with Crippen LogP contribution in [-0.2, 0) is 4.79 Å². The molecule has 5 nitrogen and oxygen atoms in total. The maximum atomic E-state index is 11.6. The van der Waals surface area contributed by atoms with Gasteiger partial charge in [0.2, 0.25) is 11.9 Å². The molecule has 0 unspecified atom stereocenters. The van der Waals surface area contributed by atoms with Gasteiger partial charge in [-0.25, -0.2) is 9.97 Å². The number of hydrogen-bond acceptors (Lipinski definition) is 4. The van der Waals surface area contributed by atoms with Crippen molar-refractivity contribution in [3.8, 4) is 0 Å². The highest BCUT2D eigenvalue weighted by atomic mass is 35.5. The summed E-state index contributed by atoms with van der Waals surface area (Å²) in [6, 6.07) is 1.43. The van der Waals surface area contributed by atoms with E-state index in [9.17, 15) is 4.79 Å². The predicted octanol–water partition coefficient (Wildman–Crippen LogP) is 0.820. The quantitative estimate of drug-likeness (QED) is 0.733. The average molecular weight is 227 g/mol. The summed E-state index contributed by atoms with van der Waals surface area (Å²) in [6.45, 7) is 0.883. The zero-order valence-corrected chi connectivity index (χ0v) is 8.79. The molecular formula is C9H11ClN4O. The van der Waals surface area contributed by atoms with Gasteiger partial charge >= 0.3 is 0 Å². The van der Waals surface area contributed by atoms with Crippen LogP contribution in [0.5, 0.6) is 0 Å². The Labute approximate surface area is 92.3 Å². The molecule has 1 fully saturated rings. The molecule has 2 rings (SSSR count). The van der Waals surface area contributed by atoms with E-state index in [1.54, 1.807) is 6.07 Å². The number of halogens is 1. The third kappa shape index (κ3) is 2.64. The van der Waals surface area contributed by atoms with Crippen LogP contribution in [0.1, 0.15) is 12.8 Å². The van der Waals surface area contributed by atoms with Crippen molar-refractivity contribution >= 4 is 23.5 Å². The standard InChI is InChI=1S/C9H11ClN4O/c10-7-3-5-12-9(13-7)14-8(15)6-2-1-4-11-6/h3,5-6,11H,1-2,4H2,(H,12,13,14,15)/t6-/m1/s1. The Morgan fingerprint density at radius 1 is 1.67 bits per heavy atom. The third-order valence-electron chi connectivity index (χ3n) is 2.23. The maximum Gasteiger partial charge on any atom is 0.243 e. The first-order valence-corrected chi connectivity index (χ1v) is 5.16. The highest BCUT2D eigenvalue weighted by Crippen LogP contribution is 2.09. The highest BCUT2D eigenvalue weighted by molar-refractivity contribution is 6.29. The van der Waals surface area contributed by atoms with E-state index in [1.807, 2.05) is 0 Å². The first-order chi connectivity index (χ1) is 7.25. The minimum Gasteiger partial charge on any atom is -0.306 e. The maximum absolute atomic E-state index is 11.6. The van der Waals surface area contributed by atoms with Crippen LogP contribution in [0.3, 0.4) is 0 Å². The summed E-state index contributed by atoms with van der Waals surface area (Å²) in [5, 5.41) is 6.03. The summed E-state index contributed by atoms with van der Waals surface area (Å²) < 4.78 is 0. The Bertz CT molecular complexity index is 365. The Balaban J connectivity index is 1.99. The lowest BCUT2D eigenvalue weighted by Gasteiger charge is -2.09. The molecule has 2 N–H and O–H groups in total. The molecule has 0 spiro atoms. The van der Waals surface area contributed by atoms with Crippen molar-refractivity contribution in [3.63, 3.8) is 0 Å². The fraction of sp³-hybridized carbons (Fsp3) is 0.444. The number of nitrogens with zero attached hydrogens (tertiary/aromatic N) is 2. The normalized spacial score (nSPS) is 20.2. The van der Waals surface area contributed by atoms with Gasteiger partial charge in [0.25, 0.3) is 0 Å². The van der Waals surface area contributed by atoms with Crippen molar-refractivity contribution < 1.29 is 4.79 Å². The molecule has 0 aromatic carbocycles. The summed E-state index contributed by atoms with van der Waals surface area (Å²) in [5.74, 6) is 0.149. The van der Waals surface area contributed by atoms with Crippen molar-refractivity contribution in [2.75, 3.05) is 11.9 Å². The number of hydrogen-bond donors (Lipinski definition) is 2. The smallest absolute Gasteiger partial charge is 0.243 e. The van der Waals surface area contributed by atoms with Crippen molar-refractivity contribution in [3.05, 3.63) is 17.4 Å². The van der Waals surface area contributed by atoms with Crippen LogP contribution in [0.4, 0.5) is 5.95 Å². The molecule has 1 aliphatic heterocycles. The molecule has 1 amide bonds. The Morgan fingerprint density at radius 2 is 2.53 bits per heavy atom. The lowest BCUT2D eigenvalue weighted by molar-refractivity contribution is -0.117. The second-order valence-corrected chi connectivity index (χ2v) is 3.73. The van der Waals surface area contributed by atoms with Gasteiger partial charge in [0.05, 0.1) is 6.04 Å². The van der Waals surface area contributed by atoms with E-state index in [0.29, 0.717) is 5.15 Å². The summed E-state index contributed by atoms with van der Waals surface area (Å²) in [6.07, 6.45) is 3.38. The zero-order valence-electron chi connectivity index (χ0n) is 8.03. The van der Waals surface area contributed by atoms with E-state index in [0.717, 1.165) is 19.4 Å². The number of anilines is 1. The minimum atomic E-state index is -0.132. The summed E-state index contributed by atoms with van der Waals surface area (Å²) in [5.41, 5.74) is 0. The molecule has 15 heavy (non-hydrogen) atoms. The molecule has 6 heteroatoms. The van der Waals surface area contributed by atoms with Gasteiger partial charge in [-0.1, -0.05) is 11.6 Å². The van der Waals surface area contributed by atoms with Gasteiger partial charge in [0.15, 0.2) is 0 Å². The second-order valence-electron chi connectivity index (χ2n) is 3.34. The van der Waals surface area contributed by atoms with Crippen molar-refractivity contribution in [1.82, 2.24) is 15.3 Å². The van der Waals surface area contributed by atoms with E-state index in [-0.39, 0.29) is 17.9 Å². The van der Waals surface area contributed by atoms with Gasteiger partial charge in [0.1, 0.15) is 5.15 Å². The van der Waals surface area contributed by atoms with E-state index < -0.39 is 0 Å². The topological polar surface area (TPSA) is 66.9 Å². The van der Waals surface area contributed by atoms with Crippen molar-refractivity contribution in [2.24, 2.45) is 0 Å². The van der Waals surface area contributed by atoms with Gasteiger partial charge in [0, 0.05) is 6.20 Å². The summed E-state index contributed by atoms with van der Waals surface area (Å²) in [4.78, 5) is 19.4. The second kappa shape index (κ2) is 4.55. The number of nitrogens with one attached hydrogen (secondary N) is 2. The van der Waals surface area contributed by atoms with Crippen LogP contribution in [-0.4, -0.2) is 28.5 Å². The predicted molar refractivity (Wildman–Crippen MR) is 56.7 cm³/mol. The van der Waals surface area contributed by atoms with Gasteiger partial charge in [-0.15, -0.1) is 0 Å². The number of amides is 1. The molecule has 0 saturated carbocycles. The molecule has 0 radical (unpaired) electrons. The van der Waals surface area contributed by atoms with Crippen LogP contribution in [0, 0.1) is 0 Å². The first kappa shape index (κ1) is 10.3. The Hall–Kier alpha value is -1.20. The summed E-state index contributed by atoms with van der Waals surface area (Å²) in [7, 11) is 0. The minimum absolute atomic E-state index is 0.102. The van der Waals surface area contributed by atoms with Gasteiger partial charge in [-0.2, -0.15) is 0 Å². The molecule has 80 valence electrons. The van der Waals surface area contributed by atoms with E-state index >= 15 is 0 Å². The molecule has 0 bridgehead atoms. The molecule has 1 saturated heterocycles. The van der Waals surface area contributed by atoms with E-state index in [2.05, 4.69) is 20.6 Å². The molecule has 1 atom stereocenters. The monoisotopic (exact) mass is 226 g/mol. The van der Waals surface area contributed by atoms with Crippen LogP contribution in [0.2, 0.25) is 5.15 Å². The first-order valence-electron chi connectivity index (χ1n) is 4.78. The van der Waals surface area contributed by atoms with Gasteiger partial charge in [-0.05, 0) is 25.5 Å². The fourth-order valence-corrected chi connectivity index (χ4v) is 1.64. The van der Waals surface area contributed by atoms with Gasteiger partial charge < -0.3 is 5.32 Å². The molecule has 1 aliphatic rings. The Kier molecular flexibility index (Phi) is 3.13. The SMILES string of the molecule is O=C(Nc1nccc(Cl)n1)[C@H]1CCCN1. The fourth-order valence-electron chi connectivity index (χ4n) is 1.50. The zero-order chi connectivity index (χ0) is 10.7. The van der Waals surface area contributed by atoms with E-state index in [1.165, 1.54) is 6.20 Å². The lowest BCUT2D eigenvalue weighted by atomic mass is 10.2. The lowest BCUT2D eigenvalue weighted by Crippen LogP contribution is -2.35. The van der Waals surface area contributed by atoms with Gasteiger partial charge in [-0.3, -0.25) is 10.1 Å². The molecule has 1 aromatic heterocycles. The Morgan fingerprint density at radius 3 is 3.20 bits per heavy atom. The largest absolute Gasteiger partial charge is 0.306 e. The molecule has 1 aromatic rings. The van der Waals surface area contributed by atoms with E-state index in [4.69, 9.17) is 11.6 Å². The van der Waals surface area contributed by atoms with Crippen LogP contribution >= 0.6 is 11.6 Å². The van der Waals surface area contributed by atoms with Crippen LogP contribution < -0.4 is 10.6 Å². The number of carbonyl (C=O) groups is 1. The van der Waals surface area contributed by atoms with Crippen LogP contribution in [0.15, 0.2) is 12.3 Å². The number of carbonyl (C=O) groups excluding carboxylic acids is 1. The van der Waals surface area contributed by atoms with Crippen molar-refractivity contribution in [1.29, 1.82) is 0 Å². The molecule has 0 aliphatic carbocycles. The van der Waals surface area contributed by atoms with Crippen LogP contribution in [0.25, 0.3) is 0 Å².